The minimum absolute atomic E-state index is 0.322. The third-order valence-electron chi connectivity index (χ3n) is 2.21. The Balaban J connectivity index is 1.85. The maximum atomic E-state index is 11.4. The largest absolute Gasteiger partial charge is 0.463 e. The Labute approximate surface area is 115 Å². The maximum Gasteiger partial charge on any atom is 0.264 e. The molecule has 1 aromatic heterocycles. The number of furan rings is 1. The molecule has 19 heavy (non-hydrogen) atoms. The number of rotatable bonds is 4. The zero-order valence-electron chi connectivity index (χ0n) is 9.92. The van der Waals surface area contributed by atoms with Crippen molar-refractivity contribution in [3.8, 4) is 0 Å². The van der Waals surface area contributed by atoms with Crippen molar-refractivity contribution in [1.29, 1.82) is 0 Å². The highest BCUT2D eigenvalue weighted by Gasteiger charge is 1.93. The zero-order valence-corrected chi connectivity index (χ0v) is 10.7. The lowest BCUT2D eigenvalue weighted by Crippen LogP contribution is -2.13. The molecule has 1 heterocycles. The predicted molar refractivity (Wildman–Crippen MR) is 74.9 cm³/mol. The van der Waals surface area contributed by atoms with Crippen LogP contribution < -0.4 is 5.43 Å². The maximum absolute atomic E-state index is 11.4. The van der Waals surface area contributed by atoms with Crippen molar-refractivity contribution < 1.29 is 9.21 Å². The minimum Gasteiger partial charge on any atom is -0.463 e. The molecule has 96 valence electrons. The second-order valence-electron chi connectivity index (χ2n) is 3.63. The minimum atomic E-state index is -0.322. The molecule has 0 unspecified atom stereocenters. The molecule has 2 aromatic rings. The summed E-state index contributed by atoms with van der Waals surface area (Å²) in [6.45, 7) is 0. The molecule has 0 saturated heterocycles. The number of benzene rings is 1. The predicted octanol–water partition coefficient (Wildman–Crippen LogP) is 3.10. The lowest BCUT2D eigenvalue weighted by molar-refractivity contribution is -0.116. The summed E-state index contributed by atoms with van der Waals surface area (Å²) < 4.78 is 5.02. The summed E-state index contributed by atoms with van der Waals surface area (Å²) in [6.07, 6.45) is 6.02. The van der Waals surface area contributed by atoms with Gasteiger partial charge in [0.05, 0.1) is 12.5 Å². The van der Waals surface area contributed by atoms with Gasteiger partial charge < -0.3 is 4.42 Å². The average Bonchev–Trinajstić information content (AvgIpc) is 2.91. The van der Waals surface area contributed by atoms with Crippen LogP contribution in [-0.2, 0) is 4.79 Å². The number of nitrogens with zero attached hydrogens (tertiary/aromatic N) is 1. The first-order chi connectivity index (χ1) is 9.24. The summed E-state index contributed by atoms with van der Waals surface area (Å²) in [6, 6.07) is 10.6. The molecular weight excluding hydrogens is 264 g/mol. The molecule has 0 aliphatic rings. The van der Waals surface area contributed by atoms with E-state index < -0.39 is 0 Å². The van der Waals surface area contributed by atoms with Gasteiger partial charge in [0.1, 0.15) is 5.76 Å². The van der Waals surface area contributed by atoms with E-state index in [1.807, 2.05) is 12.1 Å². The van der Waals surface area contributed by atoms with Crippen LogP contribution in [0.15, 0.2) is 58.3 Å². The summed E-state index contributed by atoms with van der Waals surface area (Å²) >= 11 is 5.76. The van der Waals surface area contributed by atoms with Crippen molar-refractivity contribution in [1.82, 2.24) is 5.43 Å². The van der Waals surface area contributed by atoms with Crippen LogP contribution in [0.5, 0.6) is 0 Å². The van der Waals surface area contributed by atoms with Gasteiger partial charge in [-0.1, -0.05) is 23.7 Å². The van der Waals surface area contributed by atoms with Crippen molar-refractivity contribution in [3.05, 3.63) is 65.1 Å². The molecule has 0 atom stereocenters. The molecule has 0 aliphatic carbocycles. The van der Waals surface area contributed by atoms with Crippen LogP contribution in [0, 0.1) is 0 Å². The van der Waals surface area contributed by atoms with Crippen molar-refractivity contribution in [3.63, 3.8) is 0 Å². The Bertz CT molecular complexity index is 586. The second-order valence-corrected chi connectivity index (χ2v) is 4.07. The van der Waals surface area contributed by atoms with E-state index in [1.165, 1.54) is 18.6 Å². The molecule has 4 nitrogen and oxygen atoms in total. The van der Waals surface area contributed by atoms with Gasteiger partial charge in [-0.05, 0) is 35.9 Å². The molecule has 0 radical (unpaired) electrons. The zero-order chi connectivity index (χ0) is 13.5. The van der Waals surface area contributed by atoms with E-state index in [-0.39, 0.29) is 5.91 Å². The van der Waals surface area contributed by atoms with E-state index in [0.717, 1.165) is 5.56 Å². The number of amides is 1. The van der Waals surface area contributed by atoms with Gasteiger partial charge in [0, 0.05) is 11.1 Å². The molecule has 0 bridgehead atoms. The van der Waals surface area contributed by atoms with Gasteiger partial charge in [-0.25, -0.2) is 5.43 Å². The molecule has 2 rings (SSSR count). The number of halogens is 1. The Kier molecular flexibility index (Phi) is 4.53. The van der Waals surface area contributed by atoms with Crippen LogP contribution in [0.4, 0.5) is 0 Å². The number of hydrogen-bond donors (Lipinski definition) is 1. The second kappa shape index (κ2) is 6.56. The molecule has 5 heteroatoms. The van der Waals surface area contributed by atoms with Gasteiger partial charge >= 0.3 is 0 Å². The first kappa shape index (κ1) is 13.1. The first-order valence-corrected chi connectivity index (χ1v) is 5.92. The van der Waals surface area contributed by atoms with Gasteiger partial charge in [0.2, 0.25) is 0 Å². The molecule has 0 spiro atoms. The smallest absolute Gasteiger partial charge is 0.264 e. The Morgan fingerprint density at radius 3 is 2.74 bits per heavy atom. The third kappa shape index (κ3) is 4.44. The molecule has 1 amide bonds. The fourth-order valence-corrected chi connectivity index (χ4v) is 1.43. The summed E-state index contributed by atoms with van der Waals surface area (Å²) in [5.74, 6) is 0.250. The van der Waals surface area contributed by atoms with Crippen LogP contribution in [0.1, 0.15) is 11.3 Å². The van der Waals surface area contributed by atoms with Crippen molar-refractivity contribution in [2.45, 2.75) is 0 Å². The van der Waals surface area contributed by atoms with Crippen LogP contribution in [0.25, 0.3) is 6.08 Å². The third-order valence-corrected chi connectivity index (χ3v) is 2.46. The highest BCUT2D eigenvalue weighted by Crippen LogP contribution is 2.10. The topological polar surface area (TPSA) is 54.6 Å². The molecular formula is C14H11ClN2O2. The number of nitrogens with one attached hydrogen (secondary N) is 1. The molecule has 0 fully saturated rings. The van der Waals surface area contributed by atoms with Gasteiger partial charge in [-0.3, -0.25) is 4.79 Å². The lowest BCUT2D eigenvalue weighted by Gasteiger charge is -1.94. The first-order valence-electron chi connectivity index (χ1n) is 5.54. The lowest BCUT2D eigenvalue weighted by atomic mass is 10.2. The number of hydrogen-bond acceptors (Lipinski definition) is 3. The molecule has 1 aromatic carbocycles. The van der Waals surface area contributed by atoms with Gasteiger partial charge in [0.25, 0.3) is 5.91 Å². The van der Waals surface area contributed by atoms with Crippen molar-refractivity contribution in [2.75, 3.05) is 0 Å². The number of hydrazone groups is 1. The Morgan fingerprint density at radius 1 is 1.26 bits per heavy atom. The summed E-state index contributed by atoms with van der Waals surface area (Å²) in [7, 11) is 0. The molecule has 0 aliphatic heterocycles. The van der Waals surface area contributed by atoms with Crippen LogP contribution in [-0.4, -0.2) is 12.1 Å². The van der Waals surface area contributed by atoms with Crippen LogP contribution in [0.2, 0.25) is 5.02 Å². The fraction of sp³-hybridized carbons (Fsp3) is 0. The van der Waals surface area contributed by atoms with E-state index in [1.54, 1.807) is 30.3 Å². The van der Waals surface area contributed by atoms with Crippen molar-refractivity contribution in [2.24, 2.45) is 5.10 Å². The Morgan fingerprint density at radius 2 is 2.05 bits per heavy atom. The average molecular weight is 275 g/mol. The van der Waals surface area contributed by atoms with Crippen LogP contribution in [0.3, 0.4) is 0 Å². The fourth-order valence-electron chi connectivity index (χ4n) is 1.31. The van der Waals surface area contributed by atoms with Gasteiger partial charge in [-0.15, -0.1) is 0 Å². The highest BCUT2D eigenvalue weighted by atomic mass is 35.5. The van der Waals surface area contributed by atoms with E-state index in [0.29, 0.717) is 10.8 Å². The summed E-state index contributed by atoms with van der Waals surface area (Å²) in [5.41, 5.74) is 3.24. The highest BCUT2D eigenvalue weighted by molar-refractivity contribution is 6.30. The van der Waals surface area contributed by atoms with E-state index >= 15 is 0 Å². The van der Waals surface area contributed by atoms with E-state index in [9.17, 15) is 4.79 Å². The number of carbonyl (C=O) groups excluding carboxylic acids is 1. The summed E-state index contributed by atoms with van der Waals surface area (Å²) in [5, 5.41) is 4.41. The Hall–Kier alpha value is -2.33. The van der Waals surface area contributed by atoms with Crippen LogP contribution >= 0.6 is 11.6 Å². The monoisotopic (exact) mass is 274 g/mol. The normalized spacial score (nSPS) is 11.2. The number of carbonyl (C=O) groups is 1. The van der Waals surface area contributed by atoms with Gasteiger partial charge in [-0.2, -0.15) is 5.10 Å². The molecule has 0 saturated carbocycles. The molecule has 1 N–H and O–H groups in total. The SMILES string of the molecule is O=C(C=Cc1ccc(Cl)cc1)NN=Cc1ccco1. The van der Waals surface area contributed by atoms with E-state index in [2.05, 4.69) is 10.5 Å². The summed E-state index contributed by atoms with van der Waals surface area (Å²) in [4.78, 5) is 11.4. The van der Waals surface area contributed by atoms with Crippen molar-refractivity contribution >= 4 is 29.8 Å². The standard InChI is InChI=1S/C14H11ClN2O2/c15-12-6-3-11(4-7-12)5-8-14(18)17-16-10-13-2-1-9-19-13/h1-10H,(H,17,18). The van der Waals surface area contributed by atoms with E-state index in [4.69, 9.17) is 16.0 Å². The quantitative estimate of drug-likeness (QED) is 0.529. The van der Waals surface area contributed by atoms with Gasteiger partial charge in [0.15, 0.2) is 0 Å².